The lowest BCUT2D eigenvalue weighted by molar-refractivity contribution is -0.0852. The Kier molecular flexibility index (Phi) is 14.3. The SMILES string of the molecule is COCCOCCOCCOc1nn([C@H]2CC[C@H](N3C[C@@H](C)O[C@@H](C)C3)CC2)cc1Nc1ncc(-c2ccc(Cl)c(O[C@@H](C)Cn3cncn3)c2)cn1. The summed E-state index contributed by atoms with van der Waals surface area (Å²) in [5.41, 5.74) is 2.39. The van der Waals surface area contributed by atoms with Crippen molar-refractivity contribution >= 4 is 23.2 Å². The monoisotopic (exact) mass is 753 g/mol. The molecule has 1 N–H and O–H groups in total. The smallest absolute Gasteiger partial charge is 0.257 e. The molecule has 1 saturated carbocycles. The van der Waals surface area contributed by atoms with Crippen molar-refractivity contribution in [2.75, 3.05) is 65.2 Å². The molecule has 1 aliphatic carbocycles. The zero-order valence-electron chi connectivity index (χ0n) is 31.1. The first-order valence-corrected chi connectivity index (χ1v) is 18.9. The predicted octanol–water partition coefficient (Wildman–Crippen LogP) is 5.45. The summed E-state index contributed by atoms with van der Waals surface area (Å²) in [4.78, 5) is 15.9. The first-order valence-electron chi connectivity index (χ1n) is 18.5. The van der Waals surface area contributed by atoms with E-state index in [2.05, 4.69) is 44.1 Å². The average Bonchev–Trinajstić information content (AvgIpc) is 3.82. The number of ether oxygens (including phenoxy) is 6. The van der Waals surface area contributed by atoms with Crippen molar-refractivity contribution in [3.05, 3.63) is 54.5 Å². The Morgan fingerprint density at radius 3 is 2.32 bits per heavy atom. The Hall–Kier alpha value is -3.86. The van der Waals surface area contributed by atoms with Crippen molar-refractivity contribution in [1.82, 2.24) is 39.4 Å². The normalized spacial score (nSPS) is 21.4. The lowest BCUT2D eigenvalue weighted by Gasteiger charge is -2.42. The van der Waals surface area contributed by atoms with Crippen molar-refractivity contribution in [1.29, 1.82) is 0 Å². The number of rotatable bonds is 19. The van der Waals surface area contributed by atoms with Gasteiger partial charge in [0.2, 0.25) is 5.95 Å². The van der Waals surface area contributed by atoms with Gasteiger partial charge in [0.25, 0.3) is 5.88 Å². The summed E-state index contributed by atoms with van der Waals surface area (Å²) >= 11 is 6.49. The van der Waals surface area contributed by atoms with Crippen molar-refractivity contribution in [3.8, 4) is 22.8 Å². The Labute approximate surface area is 316 Å². The van der Waals surface area contributed by atoms with Gasteiger partial charge in [-0.15, -0.1) is 5.10 Å². The van der Waals surface area contributed by atoms with E-state index >= 15 is 0 Å². The second kappa shape index (κ2) is 19.5. The number of anilines is 2. The molecule has 0 unspecified atom stereocenters. The van der Waals surface area contributed by atoms with Crippen molar-refractivity contribution in [3.63, 3.8) is 0 Å². The van der Waals surface area contributed by atoms with E-state index in [9.17, 15) is 0 Å². The van der Waals surface area contributed by atoms with Crippen molar-refractivity contribution in [2.45, 2.75) is 83.4 Å². The molecule has 4 aromatic rings. The van der Waals surface area contributed by atoms with Crippen LogP contribution in [-0.4, -0.2) is 124 Å². The highest BCUT2D eigenvalue weighted by molar-refractivity contribution is 6.32. The van der Waals surface area contributed by atoms with E-state index in [-0.39, 0.29) is 24.4 Å². The summed E-state index contributed by atoms with van der Waals surface area (Å²) in [6, 6.07) is 6.46. The third-order valence-corrected chi connectivity index (χ3v) is 9.69. The Balaban J connectivity index is 1.09. The zero-order chi connectivity index (χ0) is 37.0. The molecule has 0 radical (unpaired) electrons. The number of nitrogens with one attached hydrogen (secondary N) is 1. The summed E-state index contributed by atoms with van der Waals surface area (Å²) in [6.45, 7) is 11.6. The van der Waals surface area contributed by atoms with Gasteiger partial charge in [-0.3, -0.25) is 9.58 Å². The van der Waals surface area contributed by atoms with Gasteiger partial charge in [-0.2, -0.15) is 5.10 Å². The maximum absolute atomic E-state index is 6.49. The van der Waals surface area contributed by atoms with E-state index in [1.807, 2.05) is 36.0 Å². The molecule has 0 spiro atoms. The maximum Gasteiger partial charge on any atom is 0.257 e. The molecule has 2 fully saturated rings. The van der Waals surface area contributed by atoms with E-state index in [4.69, 9.17) is 45.1 Å². The van der Waals surface area contributed by atoms with Gasteiger partial charge in [0.05, 0.1) is 69.0 Å². The Bertz CT molecular complexity index is 1660. The molecule has 53 heavy (non-hydrogen) atoms. The van der Waals surface area contributed by atoms with Crippen LogP contribution in [0.4, 0.5) is 11.6 Å². The van der Waals surface area contributed by atoms with Crippen LogP contribution in [0.5, 0.6) is 11.6 Å². The lowest BCUT2D eigenvalue weighted by atomic mass is 9.89. The summed E-state index contributed by atoms with van der Waals surface area (Å²) in [5.74, 6) is 1.47. The van der Waals surface area contributed by atoms with Crippen LogP contribution in [0.3, 0.4) is 0 Å². The van der Waals surface area contributed by atoms with Gasteiger partial charge >= 0.3 is 0 Å². The second-order valence-corrected chi connectivity index (χ2v) is 14.1. The van der Waals surface area contributed by atoms with Gasteiger partial charge < -0.3 is 33.7 Å². The van der Waals surface area contributed by atoms with Gasteiger partial charge in [0.15, 0.2) is 0 Å². The van der Waals surface area contributed by atoms with Crippen LogP contribution in [0, 0.1) is 0 Å². The number of morpholine rings is 1. The Morgan fingerprint density at radius 1 is 0.925 bits per heavy atom. The van der Waals surface area contributed by atoms with Crippen LogP contribution in [0.25, 0.3) is 11.1 Å². The molecule has 3 atom stereocenters. The summed E-state index contributed by atoms with van der Waals surface area (Å²) in [5, 5.41) is 12.9. The van der Waals surface area contributed by atoms with Crippen LogP contribution in [0.15, 0.2) is 49.4 Å². The number of hydrogen-bond acceptors (Lipinski definition) is 13. The summed E-state index contributed by atoms with van der Waals surface area (Å²) in [6.07, 6.45) is 13.4. The standard InChI is InChI=1S/C37H52ClN9O6/c1-26-20-45(21-27(2)52-26)31-6-8-32(9-7-31)47-23-34(36(44-47)51-16-15-50-14-13-49-12-11-48-4)43-37-40-18-30(19-41-37)29-5-10-33(38)35(17-29)53-28(3)22-46-25-39-24-42-46/h5,10,17-19,23-28,31-32H,6-9,11-16,20-22H2,1-4H3,(H,40,41,43)/t26-,27+,28-,31-,32-/m0/s1. The average molecular weight is 754 g/mol. The molecule has 288 valence electrons. The zero-order valence-corrected chi connectivity index (χ0v) is 31.9. The van der Waals surface area contributed by atoms with Crippen molar-refractivity contribution < 1.29 is 28.4 Å². The fourth-order valence-corrected chi connectivity index (χ4v) is 7.06. The first-order chi connectivity index (χ1) is 25.8. The quantitative estimate of drug-likeness (QED) is 0.121. The topological polar surface area (TPSA) is 145 Å². The molecule has 0 bridgehead atoms. The molecule has 2 aliphatic rings. The molecule has 1 aromatic carbocycles. The fourth-order valence-electron chi connectivity index (χ4n) is 6.90. The highest BCUT2D eigenvalue weighted by Gasteiger charge is 2.32. The minimum absolute atomic E-state index is 0.177. The molecular formula is C37H52ClN9O6. The summed E-state index contributed by atoms with van der Waals surface area (Å²) in [7, 11) is 1.65. The maximum atomic E-state index is 6.49. The molecule has 0 amide bonds. The third kappa shape index (κ3) is 11.3. The van der Waals surface area contributed by atoms with Crippen LogP contribution >= 0.6 is 11.6 Å². The number of hydrogen-bond donors (Lipinski definition) is 1. The van der Waals surface area contributed by atoms with Crippen LogP contribution < -0.4 is 14.8 Å². The van der Waals surface area contributed by atoms with Gasteiger partial charge in [-0.05, 0) is 64.2 Å². The van der Waals surface area contributed by atoms with E-state index in [1.165, 1.54) is 6.33 Å². The molecule has 15 nitrogen and oxygen atoms in total. The molecular weight excluding hydrogens is 702 g/mol. The van der Waals surface area contributed by atoms with Gasteiger partial charge in [-0.25, -0.2) is 19.6 Å². The van der Waals surface area contributed by atoms with Gasteiger partial charge in [0.1, 0.15) is 36.8 Å². The molecule has 1 saturated heterocycles. The predicted molar refractivity (Wildman–Crippen MR) is 200 cm³/mol. The number of nitrogens with zero attached hydrogens (tertiary/aromatic N) is 8. The van der Waals surface area contributed by atoms with Crippen LogP contribution in [-0.2, 0) is 25.5 Å². The lowest BCUT2D eigenvalue weighted by Crippen LogP contribution is -2.51. The molecule has 1 aliphatic heterocycles. The number of halogens is 1. The highest BCUT2D eigenvalue weighted by atomic mass is 35.5. The molecule has 4 heterocycles. The van der Waals surface area contributed by atoms with E-state index in [0.717, 1.165) is 49.9 Å². The van der Waals surface area contributed by atoms with Gasteiger partial charge in [-0.1, -0.05) is 17.7 Å². The minimum atomic E-state index is -0.177. The van der Waals surface area contributed by atoms with Crippen molar-refractivity contribution in [2.24, 2.45) is 0 Å². The summed E-state index contributed by atoms with van der Waals surface area (Å²) < 4.78 is 38.2. The Morgan fingerprint density at radius 2 is 1.62 bits per heavy atom. The van der Waals surface area contributed by atoms with E-state index in [1.54, 1.807) is 30.5 Å². The molecule has 6 rings (SSSR count). The first kappa shape index (κ1) is 38.9. The van der Waals surface area contributed by atoms with E-state index in [0.29, 0.717) is 80.5 Å². The minimum Gasteiger partial charge on any atom is -0.487 e. The van der Waals surface area contributed by atoms with Crippen LogP contribution in [0.1, 0.15) is 52.5 Å². The second-order valence-electron chi connectivity index (χ2n) is 13.7. The number of aromatic nitrogens is 7. The highest BCUT2D eigenvalue weighted by Crippen LogP contribution is 2.36. The fraction of sp³-hybridized carbons (Fsp3) is 0.595. The molecule has 3 aromatic heterocycles. The van der Waals surface area contributed by atoms with E-state index < -0.39 is 0 Å². The molecule has 16 heteroatoms. The number of methoxy groups -OCH3 is 1. The van der Waals surface area contributed by atoms with Gasteiger partial charge in [0, 0.05) is 44.2 Å². The third-order valence-electron chi connectivity index (χ3n) is 9.37. The largest absolute Gasteiger partial charge is 0.487 e. The number of benzene rings is 1. The van der Waals surface area contributed by atoms with Crippen LogP contribution in [0.2, 0.25) is 5.02 Å².